The van der Waals surface area contributed by atoms with Gasteiger partial charge in [-0.2, -0.15) is 0 Å². The van der Waals surface area contributed by atoms with Gasteiger partial charge < -0.3 is 9.72 Å². The van der Waals surface area contributed by atoms with Crippen molar-refractivity contribution in [2.24, 2.45) is 0 Å². The maximum absolute atomic E-state index is 4.84. The van der Waals surface area contributed by atoms with E-state index in [4.69, 9.17) is 4.98 Å². The van der Waals surface area contributed by atoms with E-state index in [2.05, 4.69) is 41.0 Å². The van der Waals surface area contributed by atoms with Crippen molar-refractivity contribution in [3.05, 3.63) is 30.1 Å². The molecule has 0 saturated heterocycles. The molecular weight excluding hydrogens is 266 g/mol. The maximum atomic E-state index is 4.84. The van der Waals surface area contributed by atoms with Crippen molar-refractivity contribution < 1.29 is 0 Å². The van der Waals surface area contributed by atoms with Gasteiger partial charge in [-0.15, -0.1) is 11.8 Å². The van der Waals surface area contributed by atoms with Crippen molar-refractivity contribution in [1.82, 2.24) is 14.7 Å². The molecule has 0 bridgehead atoms. The molecule has 0 unspecified atom stereocenters. The topological polar surface area (TPSA) is 29.3 Å². The Labute approximate surface area is 125 Å². The normalized spacial score (nSPS) is 16.2. The van der Waals surface area contributed by atoms with Crippen LogP contribution in [0.25, 0.3) is 5.65 Å². The van der Waals surface area contributed by atoms with E-state index in [0.29, 0.717) is 0 Å². The number of imidazole rings is 1. The van der Waals surface area contributed by atoms with E-state index in [9.17, 15) is 0 Å². The molecule has 3 nitrogen and oxygen atoms in total. The molecule has 0 spiro atoms. The maximum Gasteiger partial charge on any atom is 0.138 e. The highest BCUT2D eigenvalue weighted by molar-refractivity contribution is 7.99. The minimum Gasteiger partial charge on any atom is -0.311 e. The van der Waals surface area contributed by atoms with Crippen LogP contribution in [0.5, 0.6) is 0 Å². The molecule has 2 heterocycles. The Bertz CT molecular complexity index is 558. The summed E-state index contributed by atoms with van der Waals surface area (Å²) in [5, 5.41) is 5.52. The van der Waals surface area contributed by atoms with Gasteiger partial charge in [0.2, 0.25) is 0 Å². The molecule has 20 heavy (non-hydrogen) atoms. The third-order valence-electron chi connectivity index (χ3n) is 3.89. The van der Waals surface area contributed by atoms with Gasteiger partial charge in [-0.05, 0) is 37.9 Å². The van der Waals surface area contributed by atoms with E-state index in [1.165, 1.54) is 42.8 Å². The van der Waals surface area contributed by atoms with Crippen LogP contribution in [0.4, 0.5) is 0 Å². The summed E-state index contributed by atoms with van der Waals surface area (Å²) in [5.41, 5.74) is 2.40. The van der Waals surface area contributed by atoms with Crippen molar-refractivity contribution in [1.29, 1.82) is 0 Å². The van der Waals surface area contributed by atoms with Crippen LogP contribution in [0.2, 0.25) is 0 Å². The van der Waals surface area contributed by atoms with Gasteiger partial charge in [0.05, 0.1) is 5.69 Å². The summed E-state index contributed by atoms with van der Waals surface area (Å²) < 4.78 is 2.24. The van der Waals surface area contributed by atoms with Crippen molar-refractivity contribution in [3.63, 3.8) is 0 Å². The number of rotatable bonds is 6. The number of nitrogens with zero attached hydrogens (tertiary/aromatic N) is 2. The molecule has 1 saturated carbocycles. The molecule has 2 aromatic heterocycles. The van der Waals surface area contributed by atoms with E-state index in [0.717, 1.165) is 24.0 Å². The van der Waals surface area contributed by atoms with Gasteiger partial charge in [-0.1, -0.05) is 25.8 Å². The molecule has 4 heteroatoms. The molecular formula is C16H23N3S. The number of hydrogen-bond acceptors (Lipinski definition) is 3. The van der Waals surface area contributed by atoms with Gasteiger partial charge in [0, 0.05) is 18.0 Å². The Morgan fingerprint density at radius 3 is 3.00 bits per heavy atom. The first-order valence-electron chi connectivity index (χ1n) is 7.72. The molecule has 0 aromatic carbocycles. The van der Waals surface area contributed by atoms with Crippen LogP contribution >= 0.6 is 11.8 Å². The van der Waals surface area contributed by atoms with Crippen LogP contribution in [0, 0.1) is 0 Å². The average Bonchev–Trinajstić information content (AvgIpc) is 3.08. The molecule has 1 N–H and O–H groups in total. The van der Waals surface area contributed by atoms with Crippen LogP contribution in [0.1, 0.15) is 44.7 Å². The summed E-state index contributed by atoms with van der Waals surface area (Å²) >= 11 is 1.99. The molecule has 3 rings (SSSR count). The van der Waals surface area contributed by atoms with Crippen LogP contribution in [-0.2, 0) is 6.54 Å². The highest BCUT2D eigenvalue weighted by atomic mass is 32.2. The van der Waals surface area contributed by atoms with Gasteiger partial charge >= 0.3 is 0 Å². The lowest BCUT2D eigenvalue weighted by Crippen LogP contribution is -2.16. The van der Waals surface area contributed by atoms with E-state index >= 15 is 0 Å². The van der Waals surface area contributed by atoms with Crippen LogP contribution in [0.3, 0.4) is 0 Å². The quantitative estimate of drug-likeness (QED) is 0.819. The number of hydrogen-bond donors (Lipinski definition) is 1. The van der Waals surface area contributed by atoms with E-state index in [1.54, 1.807) is 0 Å². The summed E-state index contributed by atoms with van der Waals surface area (Å²) in [5.74, 6) is 0. The summed E-state index contributed by atoms with van der Waals surface area (Å²) in [4.78, 5) is 4.84. The lowest BCUT2D eigenvalue weighted by atomic mass is 10.4. The summed E-state index contributed by atoms with van der Waals surface area (Å²) in [6, 6.07) is 6.25. The SMILES string of the molecule is CCCNCc1c(SC2CCCC2)nc2ccccn12. The smallest absolute Gasteiger partial charge is 0.138 e. The monoisotopic (exact) mass is 289 g/mol. The summed E-state index contributed by atoms with van der Waals surface area (Å²) in [6.07, 6.45) is 8.76. The molecule has 0 amide bonds. The fourth-order valence-corrected chi connectivity index (χ4v) is 4.17. The van der Waals surface area contributed by atoms with Crippen molar-refractivity contribution in [3.8, 4) is 0 Å². The average molecular weight is 289 g/mol. The predicted molar refractivity (Wildman–Crippen MR) is 85.3 cm³/mol. The first kappa shape index (κ1) is 14.0. The van der Waals surface area contributed by atoms with Crippen molar-refractivity contribution in [2.75, 3.05) is 6.54 Å². The third kappa shape index (κ3) is 3.01. The summed E-state index contributed by atoms with van der Waals surface area (Å²) in [6.45, 7) is 4.18. The number of fused-ring (bicyclic) bond motifs is 1. The van der Waals surface area contributed by atoms with Gasteiger partial charge in [-0.3, -0.25) is 0 Å². The minimum absolute atomic E-state index is 0.768. The zero-order chi connectivity index (χ0) is 13.8. The second-order valence-electron chi connectivity index (χ2n) is 5.49. The van der Waals surface area contributed by atoms with E-state index in [-0.39, 0.29) is 0 Å². The third-order valence-corrected chi connectivity index (χ3v) is 5.25. The molecule has 0 atom stereocenters. The van der Waals surface area contributed by atoms with Gasteiger partial charge in [0.15, 0.2) is 0 Å². The number of thioether (sulfide) groups is 1. The lowest BCUT2D eigenvalue weighted by Gasteiger charge is -2.09. The Kier molecular flexibility index (Phi) is 4.63. The Morgan fingerprint density at radius 1 is 1.35 bits per heavy atom. The largest absolute Gasteiger partial charge is 0.311 e. The molecule has 108 valence electrons. The zero-order valence-electron chi connectivity index (χ0n) is 12.1. The van der Waals surface area contributed by atoms with Crippen molar-refractivity contribution >= 4 is 17.4 Å². The Morgan fingerprint density at radius 2 is 2.20 bits per heavy atom. The van der Waals surface area contributed by atoms with Gasteiger partial charge in [0.25, 0.3) is 0 Å². The zero-order valence-corrected chi connectivity index (χ0v) is 13.0. The Balaban J connectivity index is 1.85. The number of pyridine rings is 1. The standard InChI is InChI=1S/C16H23N3S/c1-2-10-17-12-14-16(20-13-7-3-4-8-13)18-15-9-5-6-11-19(14)15/h5-6,9,11,13,17H,2-4,7-8,10,12H2,1H3. The molecule has 1 aliphatic carbocycles. The van der Waals surface area contributed by atoms with Crippen molar-refractivity contribution in [2.45, 2.75) is 55.8 Å². The van der Waals surface area contributed by atoms with E-state index < -0.39 is 0 Å². The second-order valence-corrected chi connectivity index (χ2v) is 6.78. The highest BCUT2D eigenvalue weighted by Gasteiger charge is 2.20. The van der Waals surface area contributed by atoms with Crippen LogP contribution in [0.15, 0.2) is 29.4 Å². The first-order chi connectivity index (χ1) is 9.88. The molecule has 1 fully saturated rings. The highest BCUT2D eigenvalue weighted by Crippen LogP contribution is 2.36. The lowest BCUT2D eigenvalue weighted by molar-refractivity contribution is 0.652. The minimum atomic E-state index is 0.768. The van der Waals surface area contributed by atoms with Gasteiger partial charge in [-0.25, -0.2) is 4.98 Å². The van der Waals surface area contributed by atoms with Crippen LogP contribution in [-0.4, -0.2) is 21.2 Å². The van der Waals surface area contributed by atoms with E-state index in [1.807, 2.05) is 11.8 Å². The molecule has 1 aliphatic rings. The molecule has 0 radical (unpaired) electrons. The Hall–Kier alpha value is -1.00. The first-order valence-corrected chi connectivity index (χ1v) is 8.60. The fraction of sp³-hybridized carbons (Fsp3) is 0.562. The number of aromatic nitrogens is 2. The van der Waals surface area contributed by atoms with Crippen LogP contribution < -0.4 is 5.32 Å². The molecule has 0 aliphatic heterocycles. The van der Waals surface area contributed by atoms with Gasteiger partial charge in [0.1, 0.15) is 10.7 Å². The number of nitrogens with one attached hydrogen (secondary N) is 1. The second kappa shape index (κ2) is 6.64. The summed E-state index contributed by atoms with van der Waals surface area (Å²) in [7, 11) is 0. The predicted octanol–water partition coefficient (Wildman–Crippen LogP) is 3.87. The molecule has 2 aromatic rings. The fourth-order valence-electron chi connectivity index (χ4n) is 2.83.